The molecule has 0 saturated heterocycles. The molecule has 1 rings (SSSR count). The summed E-state index contributed by atoms with van der Waals surface area (Å²) < 4.78 is 17.1. The second kappa shape index (κ2) is 30.2. The van der Waals surface area contributed by atoms with Gasteiger partial charge in [0.15, 0.2) is 0 Å². The summed E-state index contributed by atoms with van der Waals surface area (Å²) in [5.74, 6) is -0.395. The Kier molecular flexibility index (Phi) is 27.5. The van der Waals surface area contributed by atoms with Gasteiger partial charge in [-0.05, 0) is 18.4 Å². The summed E-state index contributed by atoms with van der Waals surface area (Å²) in [7, 11) is 0. The fraction of sp³-hybridized carbons (Fsp3) is 0.789. The highest BCUT2D eigenvalue weighted by molar-refractivity contribution is 5.69. The van der Waals surface area contributed by atoms with Crippen LogP contribution in [0, 0.1) is 0 Å². The highest BCUT2D eigenvalue weighted by atomic mass is 16.6. The second-order valence-corrected chi connectivity index (χ2v) is 12.4. The lowest BCUT2D eigenvalue weighted by Gasteiger charge is -2.18. The number of esters is 2. The molecule has 0 bridgehead atoms. The Bertz CT molecular complexity index is 708. The molecule has 0 heterocycles. The van der Waals surface area contributed by atoms with Crippen molar-refractivity contribution in [2.45, 2.75) is 181 Å². The van der Waals surface area contributed by atoms with E-state index in [-0.39, 0.29) is 25.2 Å². The highest BCUT2D eigenvalue weighted by Gasteiger charge is 2.16. The molecule has 5 nitrogen and oxygen atoms in total. The third-order valence-electron chi connectivity index (χ3n) is 8.16. The first-order valence-electron chi connectivity index (χ1n) is 18.1. The number of ether oxygens (including phenoxy) is 3. The Hall–Kier alpha value is -1.88. The molecule has 248 valence electrons. The Labute approximate surface area is 265 Å². The van der Waals surface area contributed by atoms with E-state index in [1.54, 1.807) is 0 Å². The van der Waals surface area contributed by atoms with E-state index in [1.165, 1.54) is 116 Å². The summed E-state index contributed by atoms with van der Waals surface area (Å²) >= 11 is 0. The number of carbonyl (C=O) groups excluding carboxylic acids is 2. The predicted octanol–water partition coefficient (Wildman–Crippen LogP) is 11.1. The average molecular weight is 603 g/mol. The minimum atomic E-state index is -0.470. The molecule has 1 aromatic rings. The van der Waals surface area contributed by atoms with E-state index < -0.39 is 6.10 Å². The Morgan fingerprint density at radius 1 is 0.512 bits per heavy atom. The van der Waals surface area contributed by atoms with Crippen LogP contribution in [0.15, 0.2) is 30.3 Å². The van der Waals surface area contributed by atoms with Gasteiger partial charge in [0, 0.05) is 12.8 Å². The Morgan fingerprint density at radius 3 is 1.23 bits per heavy atom. The van der Waals surface area contributed by atoms with E-state index >= 15 is 0 Å². The van der Waals surface area contributed by atoms with Gasteiger partial charge < -0.3 is 14.2 Å². The molecule has 0 aromatic heterocycles. The van der Waals surface area contributed by atoms with Crippen molar-refractivity contribution in [3.05, 3.63) is 35.9 Å². The van der Waals surface area contributed by atoms with Crippen LogP contribution >= 0.6 is 0 Å². The number of hydrogen-bond acceptors (Lipinski definition) is 5. The third-order valence-corrected chi connectivity index (χ3v) is 8.16. The summed E-state index contributed by atoms with van der Waals surface area (Å²) in [6.07, 6.45) is 27.9. The Balaban J connectivity index is 2.19. The molecule has 0 saturated carbocycles. The van der Waals surface area contributed by atoms with Crippen molar-refractivity contribution in [3.8, 4) is 0 Å². The van der Waals surface area contributed by atoms with Crippen LogP contribution in [0.2, 0.25) is 0 Å². The van der Waals surface area contributed by atoms with Crippen molar-refractivity contribution < 1.29 is 23.8 Å². The van der Waals surface area contributed by atoms with Gasteiger partial charge in [0.25, 0.3) is 0 Å². The second-order valence-electron chi connectivity index (χ2n) is 12.4. The fourth-order valence-electron chi connectivity index (χ4n) is 5.32. The van der Waals surface area contributed by atoms with Crippen LogP contribution in [0.3, 0.4) is 0 Å². The first-order chi connectivity index (χ1) is 21.2. The molecular formula is C38H66O5. The fourth-order valence-corrected chi connectivity index (χ4v) is 5.32. The lowest BCUT2D eigenvalue weighted by molar-refractivity contribution is -0.156. The molecule has 0 unspecified atom stereocenters. The maximum Gasteiger partial charge on any atom is 0.305 e. The van der Waals surface area contributed by atoms with Crippen LogP contribution in [0.1, 0.15) is 174 Å². The van der Waals surface area contributed by atoms with Crippen LogP contribution in [0.5, 0.6) is 0 Å². The van der Waals surface area contributed by atoms with Crippen molar-refractivity contribution in [2.75, 3.05) is 13.2 Å². The molecule has 0 fully saturated rings. The maximum absolute atomic E-state index is 12.4. The maximum atomic E-state index is 12.4. The first-order valence-corrected chi connectivity index (χ1v) is 18.1. The van der Waals surface area contributed by atoms with Crippen LogP contribution in [-0.4, -0.2) is 31.3 Å². The molecular weight excluding hydrogens is 536 g/mol. The SMILES string of the molecule is CCCCCCCCCCCCCC(=O)OCC(COC(=O)CCCCCCCCCCCCC)OCc1ccccc1. The van der Waals surface area contributed by atoms with Crippen LogP contribution < -0.4 is 0 Å². The number of hydrogen-bond donors (Lipinski definition) is 0. The van der Waals surface area contributed by atoms with Crippen LogP contribution in [0.4, 0.5) is 0 Å². The highest BCUT2D eigenvalue weighted by Crippen LogP contribution is 2.14. The molecule has 0 aliphatic rings. The van der Waals surface area contributed by atoms with Gasteiger partial charge in [-0.2, -0.15) is 0 Å². The van der Waals surface area contributed by atoms with Crippen molar-refractivity contribution in [1.29, 1.82) is 0 Å². The van der Waals surface area contributed by atoms with Crippen molar-refractivity contribution in [3.63, 3.8) is 0 Å². The zero-order chi connectivity index (χ0) is 31.1. The summed E-state index contributed by atoms with van der Waals surface area (Å²) in [6.45, 7) is 5.11. The van der Waals surface area contributed by atoms with Crippen molar-refractivity contribution in [2.24, 2.45) is 0 Å². The van der Waals surface area contributed by atoms with Crippen molar-refractivity contribution in [1.82, 2.24) is 0 Å². The third kappa shape index (κ3) is 26.3. The largest absolute Gasteiger partial charge is 0.463 e. The van der Waals surface area contributed by atoms with Gasteiger partial charge in [-0.1, -0.05) is 173 Å². The Morgan fingerprint density at radius 2 is 0.860 bits per heavy atom. The van der Waals surface area contributed by atoms with Gasteiger partial charge in [0.05, 0.1) is 6.61 Å². The monoisotopic (exact) mass is 602 g/mol. The first kappa shape index (κ1) is 39.1. The van der Waals surface area contributed by atoms with Gasteiger partial charge >= 0.3 is 11.9 Å². The summed E-state index contributed by atoms with van der Waals surface area (Å²) in [5.41, 5.74) is 1.03. The van der Waals surface area contributed by atoms with E-state index in [9.17, 15) is 9.59 Å². The normalized spacial score (nSPS) is 11.2. The van der Waals surface area contributed by atoms with E-state index in [4.69, 9.17) is 14.2 Å². The standard InChI is InChI=1S/C38H66O5/c1-3-5-7-9-11-13-15-17-19-21-26-30-37(39)42-33-36(41-32-35-28-24-23-25-29-35)34-43-38(40)31-27-22-20-18-16-14-12-10-8-6-4-2/h23-25,28-29,36H,3-22,26-27,30-34H2,1-2H3. The zero-order valence-electron chi connectivity index (χ0n) is 28.1. The molecule has 0 amide bonds. The molecule has 1 aromatic carbocycles. The smallest absolute Gasteiger partial charge is 0.305 e. The van der Waals surface area contributed by atoms with Gasteiger partial charge in [-0.25, -0.2) is 0 Å². The molecule has 5 heteroatoms. The van der Waals surface area contributed by atoms with E-state index in [2.05, 4.69) is 13.8 Å². The lowest BCUT2D eigenvalue weighted by atomic mass is 10.1. The zero-order valence-corrected chi connectivity index (χ0v) is 28.1. The van der Waals surface area contributed by atoms with Crippen LogP contribution in [0.25, 0.3) is 0 Å². The van der Waals surface area contributed by atoms with Crippen molar-refractivity contribution >= 4 is 11.9 Å². The molecule has 0 spiro atoms. The number of carbonyl (C=O) groups is 2. The van der Waals surface area contributed by atoms with E-state index in [1.807, 2.05) is 30.3 Å². The van der Waals surface area contributed by atoms with Gasteiger partial charge in [-0.3, -0.25) is 9.59 Å². The molecule has 0 N–H and O–H groups in total. The molecule has 0 aliphatic carbocycles. The minimum Gasteiger partial charge on any atom is -0.463 e. The van der Waals surface area contributed by atoms with Gasteiger partial charge in [0.2, 0.25) is 0 Å². The van der Waals surface area contributed by atoms with E-state index in [0.717, 1.165) is 31.2 Å². The predicted molar refractivity (Wildman–Crippen MR) is 179 cm³/mol. The summed E-state index contributed by atoms with van der Waals surface area (Å²) in [5, 5.41) is 0. The number of benzene rings is 1. The van der Waals surface area contributed by atoms with Crippen LogP contribution in [-0.2, 0) is 30.4 Å². The number of unbranched alkanes of at least 4 members (excludes halogenated alkanes) is 20. The van der Waals surface area contributed by atoms with Gasteiger partial charge in [-0.15, -0.1) is 0 Å². The number of rotatable bonds is 31. The minimum absolute atomic E-state index is 0.107. The lowest BCUT2D eigenvalue weighted by Crippen LogP contribution is -2.28. The topological polar surface area (TPSA) is 61.8 Å². The van der Waals surface area contributed by atoms with Gasteiger partial charge in [0.1, 0.15) is 19.3 Å². The molecule has 0 atom stereocenters. The molecule has 0 radical (unpaired) electrons. The summed E-state index contributed by atoms with van der Waals surface area (Å²) in [4.78, 5) is 24.7. The van der Waals surface area contributed by atoms with E-state index in [0.29, 0.717) is 19.4 Å². The summed E-state index contributed by atoms with van der Waals surface area (Å²) in [6, 6.07) is 9.89. The molecule has 43 heavy (non-hydrogen) atoms. The quantitative estimate of drug-likeness (QED) is 0.0625. The average Bonchev–Trinajstić information content (AvgIpc) is 3.02. The molecule has 0 aliphatic heterocycles.